The van der Waals surface area contributed by atoms with E-state index in [4.69, 9.17) is 4.74 Å². The van der Waals surface area contributed by atoms with Gasteiger partial charge >= 0.3 is 6.09 Å². The van der Waals surface area contributed by atoms with Crippen LogP contribution in [0.1, 0.15) is 90.8 Å². The maximum absolute atomic E-state index is 14.3. The second-order valence-corrected chi connectivity index (χ2v) is 11.3. The van der Waals surface area contributed by atoms with Crippen LogP contribution in [0.15, 0.2) is 54.6 Å². The quantitative estimate of drug-likeness (QED) is 0.245. The Morgan fingerprint density at radius 2 is 1.68 bits per heavy atom. The van der Waals surface area contributed by atoms with Crippen LogP contribution in [0, 0.1) is 5.92 Å². The van der Waals surface area contributed by atoms with Gasteiger partial charge < -0.3 is 25.4 Å². The zero-order valence-corrected chi connectivity index (χ0v) is 24.9. The molecule has 0 aliphatic rings. The summed E-state index contributed by atoms with van der Waals surface area (Å²) < 4.78 is 5.47. The van der Waals surface area contributed by atoms with Crippen LogP contribution in [0.4, 0.5) is 4.79 Å². The van der Waals surface area contributed by atoms with Gasteiger partial charge in [0.1, 0.15) is 23.4 Å². The third kappa shape index (κ3) is 10.5. The summed E-state index contributed by atoms with van der Waals surface area (Å²) in [7, 11) is 0. The Hall–Kier alpha value is -3.55. The second-order valence-electron chi connectivity index (χ2n) is 11.3. The van der Waals surface area contributed by atoms with Crippen LogP contribution in [0.5, 0.6) is 5.75 Å². The Kier molecular flexibility index (Phi) is 13.0. The van der Waals surface area contributed by atoms with Crippen molar-refractivity contribution in [3.05, 3.63) is 65.7 Å². The number of aromatic hydroxyl groups is 1. The third-order valence-electron chi connectivity index (χ3n) is 6.74. The molecule has 3 atom stereocenters. The largest absolute Gasteiger partial charge is 0.508 e. The number of phenols is 1. The number of ether oxygens (including phenoxy) is 1. The van der Waals surface area contributed by atoms with Gasteiger partial charge in [-0.15, -0.1) is 0 Å². The van der Waals surface area contributed by atoms with Crippen LogP contribution in [-0.2, 0) is 20.9 Å². The normalized spacial score (nSPS) is 13.6. The van der Waals surface area contributed by atoms with Crippen molar-refractivity contribution in [1.82, 2.24) is 15.5 Å². The molecule has 3 unspecified atom stereocenters. The van der Waals surface area contributed by atoms with Crippen LogP contribution >= 0.6 is 0 Å². The number of phenolic OH excluding ortho intramolecular Hbond substituents is 1. The first-order chi connectivity index (χ1) is 19.0. The number of alkyl carbamates (subject to hydrolysis) is 1. The lowest BCUT2D eigenvalue weighted by molar-refractivity contribution is -0.143. The number of rotatable bonds is 14. The van der Waals surface area contributed by atoms with Gasteiger partial charge in [0.15, 0.2) is 0 Å². The zero-order valence-electron chi connectivity index (χ0n) is 24.9. The highest BCUT2D eigenvalue weighted by atomic mass is 16.6. The van der Waals surface area contributed by atoms with Gasteiger partial charge in [0, 0.05) is 13.1 Å². The minimum Gasteiger partial charge on any atom is -0.508 e. The van der Waals surface area contributed by atoms with Crippen molar-refractivity contribution in [2.45, 2.75) is 97.9 Å². The highest BCUT2D eigenvalue weighted by molar-refractivity contribution is 5.92. The number of carbonyl (C=O) groups is 3. The van der Waals surface area contributed by atoms with Gasteiger partial charge in [-0.2, -0.15) is 0 Å². The predicted molar refractivity (Wildman–Crippen MR) is 158 cm³/mol. The van der Waals surface area contributed by atoms with Crippen LogP contribution in [-0.4, -0.2) is 46.1 Å². The first-order valence-corrected chi connectivity index (χ1v) is 14.4. The summed E-state index contributed by atoms with van der Waals surface area (Å²) >= 11 is 0. The number of benzene rings is 2. The van der Waals surface area contributed by atoms with Crippen LogP contribution in [0.2, 0.25) is 0 Å². The maximum Gasteiger partial charge on any atom is 0.408 e. The summed E-state index contributed by atoms with van der Waals surface area (Å²) in [5, 5.41) is 16.0. The van der Waals surface area contributed by atoms with Gasteiger partial charge in [0.05, 0.1) is 0 Å². The van der Waals surface area contributed by atoms with Gasteiger partial charge in [-0.25, -0.2) is 4.79 Å². The van der Waals surface area contributed by atoms with E-state index in [1.54, 1.807) is 37.8 Å². The standard InChI is InChI=1S/C32H47N3O5/c1-7-9-10-14-20-35(30(38)27(23(3)8-2)34-31(39)40-32(4,5)6)28(25-18-15-19-26(36)21-25)29(37)33-22-24-16-12-11-13-17-24/h11-13,15-19,21,23,27-28,36H,7-10,14,20,22H2,1-6H3,(H,33,37)(H,34,39). The second kappa shape index (κ2) is 15.9. The Bertz CT molecular complexity index is 1080. The SMILES string of the molecule is CCCCCCN(C(=O)C(NC(=O)OC(C)(C)C)C(C)CC)C(C(=O)NCc1ccccc1)c1cccc(O)c1. The molecule has 0 aliphatic carbocycles. The minimum absolute atomic E-state index is 0.00194. The molecular weight excluding hydrogens is 506 g/mol. The number of nitrogens with one attached hydrogen (secondary N) is 2. The van der Waals surface area contributed by atoms with Crippen LogP contribution in [0.25, 0.3) is 0 Å². The van der Waals surface area contributed by atoms with Gasteiger partial charge in [0.25, 0.3) is 0 Å². The van der Waals surface area contributed by atoms with E-state index in [2.05, 4.69) is 17.6 Å². The Morgan fingerprint density at radius 3 is 2.27 bits per heavy atom. The van der Waals surface area contributed by atoms with Gasteiger partial charge in [-0.1, -0.05) is 88.9 Å². The van der Waals surface area contributed by atoms with Gasteiger partial charge in [-0.05, 0) is 56.4 Å². The van der Waals surface area contributed by atoms with Crippen molar-refractivity contribution < 1.29 is 24.2 Å². The molecule has 0 radical (unpaired) electrons. The molecular formula is C32H47N3O5. The monoisotopic (exact) mass is 553 g/mol. The van der Waals surface area contributed by atoms with Gasteiger partial charge in [0.2, 0.25) is 11.8 Å². The number of amides is 3. The fourth-order valence-corrected chi connectivity index (χ4v) is 4.42. The highest BCUT2D eigenvalue weighted by Crippen LogP contribution is 2.27. The molecule has 0 aromatic heterocycles. The zero-order chi connectivity index (χ0) is 29.7. The molecule has 3 N–H and O–H groups in total. The van der Waals surface area contributed by atoms with E-state index in [0.717, 1.165) is 24.8 Å². The molecule has 8 heteroatoms. The smallest absolute Gasteiger partial charge is 0.408 e. The Balaban J connectivity index is 2.49. The van der Waals surface area contributed by atoms with Crippen molar-refractivity contribution in [1.29, 1.82) is 0 Å². The molecule has 0 heterocycles. The molecule has 220 valence electrons. The average molecular weight is 554 g/mol. The van der Waals surface area contributed by atoms with E-state index in [1.807, 2.05) is 44.2 Å². The summed E-state index contributed by atoms with van der Waals surface area (Å²) in [5.74, 6) is -0.934. The minimum atomic E-state index is -1.00. The molecule has 0 saturated carbocycles. The molecule has 0 fully saturated rings. The number of nitrogens with zero attached hydrogens (tertiary/aromatic N) is 1. The summed E-state index contributed by atoms with van der Waals surface area (Å²) in [6, 6.07) is 14.1. The number of hydrogen-bond acceptors (Lipinski definition) is 5. The topological polar surface area (TPSA) is 108 Å². The molecule has 2 rings (SSSR count). The Morgan fingerprint density at radius 1 is 0.975 bits per heavy atom. The summed E-state index contributed by atoms with van der Waals surface area (Å²) in [6.07, 6.45) is 3.57. The molecule has 0 aliphatic heterocycles. The molecule has 2 aromatic rings. The van der Waals surface area contributed by atoms with E-state index in [0.29, 0.717) is 24.9 Å². The van der Waals surface area contributed by atoms with Crippen molar-refractivity contribution >= 4 is 17.9 Å². The Labute approximate surface area is 239 Å². The fraction of sp³-hybridized carbons (Fsp3) is 0.531. The highest BCUT2D eigenvalue weighted by Gasteiger charge is 2.38. The van der Waals surface area contributed by atoms with E-state index in [1.165, 1.54) is 12.1 Å². The molecule has 0 spiro atoms. The lowest BCUT2D eigenvalue weighted by atomic mass is 9.95. The molecule has 40 heavy (non-hydrogen) atoms. The van der Waals surface area contributed by atoms with Gasteiger partial charge in [-0.3, -0.25) is 9.59 Å². The van der Waals surface area contributed by atoms with E-state index in [9.17, 15) is 19.5 Å². The number of carbonyl (C=O) groups excluding carboxylic acids is 3. The van der Waals surface area contributed by atoms with Crippen LogP contribution in [0.3, 0.4) is 0 Å². The number of hydrogen-bond donors (Lipinski definition) is 3. The lowest BCUT2D eigenvalue weighted by Gasteiger charge is -2.36. The van der Waals surface area contributed by atoms with E-state index >= 15 is 0 Å². The molecule has 0 saturated heterocycles. The lowest BCUT2D eigenvalue weighted by Crippen LogP contribution is -2.55. The van der Waals surface area contributed by atoms with Crippen LogP contribution < -0.4 is 10.6 Å². The predicted octanol–water partition coefficient (Wildman–Crippen LogP) is 6.10. The van der Waals surface area contributed by atoms with Crippen molar-refractivity contribution in [2.75, 3.05) is 6.54 Å². The average Bonchev–Trinajstić information content (AvgIpc) is 2.91. The molecule has 0 bridgehead atoms. The molecule has 8 nitrogen and oxygen atoms in total. The van der Waals surface area contributed by atoms with E-state index < -0.39 is 23.8 Å². The third-order valence-corrected chi connectivity index (χ3v) is 6.74. The first kappa shape index (κ1) is 32.7. The summed E-state index contributed by atoms with van der Waals surface area (Å²) in [5.41, 5.74) is 0.693. The molecule has 2 aromatic carbocycles. The first-order valence-electron chi connectivity index (χ1n) is 14.4. The maximum atomic E-state index is 14.3. The fourth-order valence-electron chi connectivity index (χ4n) is 4.42. The summed E-state index contributed by atoms with van der Waals surface area (Å²) in [6.45, 7) is 11.9. The van der Waals surface area contributed by atoms with Crippen molar-refractivity contribution in [3.8, 4) is 5.75 Å². The number of unbranched alkanes of at least 4 members (excludes halogenated alkanes) is 3. The van der Waals surface area contributed by atoms with Crippen molar-refractivity contribution in [3.63, 3.8) is 0 Å². The van der Waals surface area contributed by atoms with E-state index in [-0.39, 0.29) is 30.0 Å². The van der Waals surface area contributed by atoms with Crippen molar-refractivity contribution in [2.24, 2.45) is 5.92 Å². The molecule has 3 amide bonds. The summed E-state index contributed by atoms with van der Waals surface area (Å²) in [4.78, 5) is 42.5.